The summed E-state index contributed by atoms with van der Waals surface area (Å²) >= 11 is 0. The molecule has 6 aromatic carbocycles. The van der Waals surface area contributed by atoms with Gasteiger partial charge in [-0.2, -0.15) is 0 Å². The number of anilines is 6. The third-order valence-electron chi connectivity index (χ3n) is 13.1. The minimum absolute atomic E-state index is 0. The van der Waals surface area contributed by atoms with Crippen molar-refractivity contribution in [1.82, 2.24) is 19.9 Å². The number of carbonyl (C=O) groups excluding carboxylic acids is 1. The Kier molecular flexibility index (Phi) is 13.0. The largest absolute Gasteiger partial charge is 2.00 e. The SMILES string of the molecule is COC(=O)c1ccc(-c2c3nc(c(N(c4ccc(C)cc4)c4ccc(C)cc4)c4ccc([n-]4)c(N(c4ccc(C)cc4)c4ccc(C)cc4)c4nc(c(-c5ccc(C)cc5)c5ccc2[n-]5)C=C4)C=C3)cc1.[Zn+2]. The van der Waals surface area contributed by atoms with E-state index in [0.29, 0.717) is 17.0 Å². The Labute approximate surface area is 432 Å². The maximum absolute atomic E-state index is 12.7. The molecule has 9 aromatic rings. The van der Waals surface area contributed by atoms with Crippen LogP contribution in [0.1, 0.15) is 61.0 Å². The van der Waals surface area contributed by atoms with Gasteiger partial charge in [0.1, 0.15) is 0 Å². The van der Waals surface area contributed by atoms with Crippen LogP contribution in [0.5, 0.6) is 0 Å². The van der Waals surface area contributed by atoms with Gasteiger partial charge in [-0.05, 0) is 142 Å². The fourth-order valence-corrected chi connectivity index (χ4v) is 9.31. The normalized spacial score (nSPS) is 11.6. The molecule has 0 saturated carbocycles. The average Bonchev–Trinajstić information content (AvgIpc) is 4.25. The van der Waals surface area contributed by atoms with Gasteiger partial charge in [-0.1, -0.05) is 137 Å². The van der Waals surface area contributed by atoms with Gasteiger partial charge >= 0.3 is 25.4 Å². The van der Waals surface area contributed by atoms with Crippen LogP contribution in [-0.4, -0.2) is 23.0 Å². The number of nitrogens with zero attached hydrogens (tertiary/aromatic N) is 6. The van der Waals surface area contributed by atoms with Gasteiger partial charge in [0.2, 0.25) is 0 Å². The fraction of sp³-hybridized carbons (Fsp3) is 0.0952. The van der Waals surface area contributed by atoms with E-state index in [0.717, 1.165) is 118 Å². The Balaban J connectivity index is 0.00000596. The number of fused-ring (bicyclic) bond motifs is 8. The molecule has 0 radical (unpaired) electrons. The molecule has 2 aliphatic rings. The van der Waals surface area contributed by atoms with Crippen molar-refractivity contribution < 1.29 is 29.0 Å². The van der Waals surface area contributed by atoms with E-state index in [-0.39, 0.29) is 19.5 Å². The van der Waals surface area contributed by atoms with Crippen molar-refractivity contribution >= 4 is 86.5 Å². The molecule has 8 nitrogen and oxygen atoms in total. The second-order valence-corrected chi connectivity index (χ2v) is 18.3. The first-order valence-electron chi connectivity index (χ1n) is 23.8. The number of aryl methyl sites for hydroxylation is 5. The number of esters is 1. The number of ether oxygens (including phenoxy) is 1. The van der Waals surface area contributed by atoms with Crippen LogP contribution in [0.25, 0.3) is 68.6 Å². The van der Waals surface area contributed by atoms with Gasteiger partial charge < -0.3 is 24.5 Å². The van der Waals surface area contributed by atoms with Crippen LogP contribution < -0.4 is 19.8 Å². The summed E-state index contributed by atoms with van der Waals surface area (Å²) in [5.41, 5.74) is 21.1. The molecule has 9 heteroatoms. The van der Waals surface area contributed by atoms with Crippen LogP contribution in [0.3, 0.4) is 0 Å². The predicted molar refractivity (Wildman–Crippen MR) is 292 cm³/mol. The van der Waals surface area contributed by atoms with Crippen molar-refractivity contribution in [3.63, 3.8) is 0 Å². The quantitative estimate of drug-likeness (QED) is 0.104. The second-order valence-electron chi connectivity index (χ2n) is 18.3. The minimum Gasteiger partial charge on any atom is -0.657 e. The molecule has 0 N–H and O–H groups in total. The third kappa shape index (κ3) is 9.11. The molecular formula is C63H50N6O2Zn. The van der Waals surface area contributed by atoms with Crippen molar-refractivity contribution in [2.24, 2.45) is 0 Å². The zero-order valence-electron chi connectivity index (χ0n) is 41.2. The van der Waals surface area contributed by atoms with Gasteiger partial charge in [-0.3, -0.25) is 0 Å². The van der Waals surface area contributed by atoms with E-state index in [1.165, 1.54) is 7.11 Å². The molecule has 8 bridgehead atoms. The number of methoxy groups -OCH3 is 1. The number of benzene rings is 6. The minimum atomic E-state index is -0.407. The number of rotatable bonds is 9. The van der Waals surface area contributed by atoms with Crippen LogP contribution in [0.4, 0.5) is 34.1 Å². The number of hydrogen-bond acceptors (Lipinski definition) is 6. The summed E-state index contributed by atoms with van der Waals surface area (Å²) in [6.45, 7) is 10.5. The number of aromatic nitrogens is 4. The van der Waals surface area contributed by atoms with Gasteiger partial charge in [0.15, 0.2) is 0 Å². The first-order valence-corrected chi connectivity index (χ1v) is 23.8. The molecule has 0 saturated heterocycles. The Hall–Kier alpha value is -8.39. The molecule has 3 aromatic heterocycles. The molecular weight excluding hydrogens is 938 g/mol. The molecule has 0 fully saturated rings. The van der Waals surface area contributed by atoms with Gasteiger partial charge in [-0.15, -0.1) is 22.1 Å². The molecule has 0 aliphatic carbocycles. The summed E-state index contributed by atoms with van der Waals surface area (Å²) < 4.78 is 5.08. The van der Waals surface area contributed by atoms with Crippen molar-refractivity contribution in [3.8, 4) is 22.3 Å². The van der Waals surface area contributed by atoms with Crippen molar-refractivity contribution in [1.29, 1.82) is 0 Å². The summed E-state index contributed by atoms with van der Waals surface area (Å²) in [7, 11) is 1.39. The summed E-state index contributed by atoms with van der Waals surface area (Å²) in [5.74, 6) is -0.407. The van der Waals surface area contributed by atoms with Crippen molar-refractivity contribution in [3.05, 3.63) is 226 Å². The van der Waals surface area contributed by atoms with Crippen LogP contribution in [0.15, 0.2) is 170 Å². The van der Waals surface area contributed by atoms with Gasteiger partial charge in [-0.25, -0.2) is 14.8 Å². The Morgan fingerprint density at radius 2 is 0.681 bits per heavy atom. The first-order chi connectivity index (χ1) is 34.6. The first kappa shape index (κ1) is 47.3. The van der Waals surface area contributed by atoms with Crippen LogP contribution >= 0.6 is 0 Å². The third-order valence-corrected chi connectivity index (χ3v) is 13.1. The number of hydrogen-bond donors (Lipinski definition) is 0. The molecule has 2 aliphatic heterocycles. The van der Waals surface area contributed by atoms with Gasteiger partial charge in [0.25, 0.3) is 0 Å². The monoisotopic (exact) mass is 986 g/mol. The van der Waals surface area contributed by atoms with Crippen molar-refractivity contribution in [2.45, 2.75) is 34.6 Å². The molecule has 346 valence electrons. The van der Waals surface area contributed by atoms with E-state index in [4.69, 9.17) is 24.7 Å². The Bertz CT molecular complexity index is 3630. The number of carbonyl (C=O) groups is 1. The van der Waals surface area contributed by atoms with Gasteiger partial charge in [0.05, 0.1) is 46.8 Å². The topological polar surface area (TPSA) is 86.8 Å². The maximum Gasteiger partial charge on any atom is 2.00 e. The zero-order valence-corrected chi connectivity index (χ0v) is 44.1. The second kappa shape index (κ2) is 19.8. The van der Waals surface area contributed by atoms with E-state index in [1.54, 1.807) is 12.1 Å². The summed E-state index contributed by atoms with van der Waals surface area (Å²) in [6, 6.07) is 58.7. The molecule has 0 spiro atoms. The molecule has 0 amide bonds. The summed E-state index contributed by atoms with van der Waals surface area (Å²) in [5, 5.41) is 0. The molecule has 72 heavy (non-hydrogen) atoms. The van der Waals surface area contributed by atoms with E-state index in [2.05, 4.69) is 214 Å². The van der Waals surface area contributed by atoms with Gasteiger partial charge in [0, 0.05) is 22.7 Å². The van der Waals surface area contributed by atoms with E-state index < -0.39 is 5.97 Å². The smallest absolute Gasteiger partial charge is 0.657 e. The van der Waals surface area contributed by atoms with Crippen LogP contribution in [0, 0.1) is 34.6 Å². The molecule has 0 unspecified atom stereocenters. The molecule has 5 heterocycles. The molecule has 11 rings (SSSR count). The van der Waals surface area contributed by atoms with E-state index in [9.17, 15) is 4.79 Å². The van der Waals surface area contributed by atoms with E-state index >= 15 is 0 Å². The van der Waals surface area contributed by atoms with Crippen LogP contribution in [0.2, 0.25) is 0 Å². The average molecular weight is 989 g/mol. The molecule has 0 atom stereocenters. The fourth-order valence-electron chi connectivity index (χ4n) is 9.31. The summed E-state index contributed by atoms with van der Waals surface area (Å²) in [4.78, 5) is 39.5. The Morgan fingerprint density at radius 3 is 1.03 bits per heavy atom. The van der Waals surface area contributed by atoms with E-state index in [1.807, 2.05) is 12.1 Å². The summed E-state index contributed by atoms with van der Waals surface area (Å²) in [6.07, 6.45) is 8.33. The predicted octanol–water partition coefficient (Wildman–Crippen LogP) is 15.5. The van der Waals surface area contributed by atoms with Crippen LogP contribution in [-0.2, 0) is 24.2 Å². The Morgan fingerprint density at radius 1 is 0.389 bits per heavy atom. The zero-order chi connectivity index (χ0) is 48.8. The standard InChI is InChI=1S/C63H51N6O2.Zn/c1-39-7-17-44(18-8-39)59-51-31-32-52(64-51)60(45-19-21-46(22-20-45)63(70)71-6)54-34-36-56(66-54)62(69(49-27-13-42(4)14-28-49)50-29-15-43(5)16-30-50)58-38-37-57(67-58)61(55-35-33-53(59)65-55)68(47-23-9-40(2)10-24-47)48-25-11-41(3)12-26-48;/h7-38H,1-6H3,(H-,64,65,66,67,70);/q-1;+2/p-1. The van der Waals surface area contributed by atoms with Crippen molar-refractivity contribution in [2.75, 3.05) is 16.9 Å². The maximum atomic E-state index is 12.7.